The number of rotatable bonds is 0. The predicted octanol–water partition coefficient (Wildman–Crippen LogP) is 1.61. The highest BCUT2D eigenvalue weighted by Crippen LogP contribution is 2.16. The normalized spacial score (nSPS) is 27.2. The monoisotopic (exact) mass is 123 g/mol. The van der Waals surface area contributed by atoms with Gasteiger partial charge in [-0.15, -0.1) is 0 Å². The molecule has 1 unspecified atom stereocenters. The lowest BCUT2D eigenvalue weighted by Gasteiger charge is -2.13. The maximum absolute atomic E-state index is 5.67. The summed E-state index contributed by atoms with van der Waals surface area (Å²) in [6, 6.07) is 0.258. The zero-order valence-electron chi connectivity index (χ0n) is 6.02. The molecule has 0 aliphatic heterocycles. The van der Waals surface area contributed by atoms with E-state index in [1.54, 1.807) is 0 Å². The van der Waals surface area contributed by atoms with Crippen LogP contribution in [0.1, 0.15) is 20.3 Å². The van der Waals surface area contributed by atoms with Gasteiger partial charge in [0, 0.05) is 6.04 Å². The average Bonchev–Trinajstić information content (AvgIpc) is 1.80. The second-order valence-corrected chi connectivity index (χ2v) is 2.69. The molecule has 0 aromatic rings. The van der Waals surface area contributed by atoms with Gasteiger partial charge >= 0.3 is 0 Å². The van der Waals surface area contributed by atoms with E-state index in [2.05, 4.69) is 26.0 Å². The lowest BCUT2D eigenvalue weighted by molar-refractivity contribution is 0.781. The van der Waals surface area contributed by atoms with Crippen molar-refractivity contribution in [3.05, 3.63) is 23.3 Å². The van der Waals surface area contributed by atoms with Crippen molar-refractivity contribution in [2.75, 3.05) is 0 Å². The van der Waals surface area contributed by atoms with Crippen molar-refractivity contribution in [2.45, 2.75) is 26.3 Å². The van der Waals surface area contributed by atoms with Crippen LogP contribution in [0.25, 0.3) is 0 Å². The molecule has 50 valence electrons. The summed E-state index contributed by atoms with van der Waals surface area (Å²) < 4.78 is 0. The Morgan fingerprint density at radius 2 is 2.22 bits per heavy atom. The van der Waals surface area contributed by atoms with E-state index in [0.29, 0.717) is 0 Å². The Morgan fingerprint density at radius 1 is 1.56 bits per heavy atom. The standard InChI is InChI=1S/C8H13N/c1-6-3-4-8(9)5-7(6)2/h3-4,8H,5,9H2,1-2H3. The molecule has 0 spiro atoms. The highest BCUT2D eigenvalue weighted by molar-refractivity contribution is 5.28. The van der Waals surface area contributed by atoms with Crippen LogP contribution in [0.3, 0.4) is 0 Å². The van der Waals surface area contributed by atoms with Gasteiger partial charge < -0.3 is 5.73 Å². The molecule has 0 bridgehead atoms. The smallest absolute Gasteiger partial charge is 0.0264 e. The van der Waals surface area contributed by atoms with Crippen molar-refractivity contribution in [2.24, 2.45) is 5.73 Å². The first-order chi connectivity index (χ1) is 4.20. The van der Waals surface area contributed by atoms with E-state index in [4.69, 9.17) is 5.73 Å². The van der Waals surface area contributed by atoms with E-state index in [1.165, 1.54) is 11.1 Å². The van der Waals surface area contributed by atoms with Crippen molar-refractivity contribution in [1.29, 1.82) is 0 Å². The van der Waals surface area contributed by atoms with Crippen LogP contribution in [0.2, 0.25) is 0 Å². The molecule has 1 nitrogen and oxygen atoms in total. The SMILES string of the molecule is CC1=C(C)CC(N)C=C1. The van der Waals surface area contributed by atoms with E-state index in [-0.39, 0.29) is 6.04 Å². The van der Waals surface area contributed by atoms with Crippen LogP contribution in [0.15, 0.2) is 23.3 Å². The summed E-state index contributed by atoms with van der Waals surface area (Å²) in [5.41, 5.74) is 8.46. The van der Waals surface area contributed by atoms with E-state index in [0.717, 1.165) is 6.42 Å². The molecule has 0 amide bonds. The Morgan fingerprint density at radius 3 is 2.67 bits per heavy atom. The first kappa shape index (κ1) is 6.56. The third-order valence-corrected chi connectivity index (χ3v) is 1.81. The molecule has 1 heteroatoms. The van der Waals surface area contributed by atoms with Crippen molar-refractivity contribution < 1.29 is 0 Å². The minimum atomic E-state index is 0.258. The molecule has 0 saturated heterocycles. The zero-order chi connectivity index (χ0) is 6.85. The summed E-state index contributed by atoms with van der Waals surface area (Å²) in [5, 5.41) is 0. The number of nitrogens with two attached hydrogens (primary N) is 1. The predicted molar refractivity (Wildman–Crippen MR) is 40.1 cm³/mol. The topological polar surface area (TPSA) is 26.0 Å². The number of allylic oxidation sites excluding steroid dienone is 2. The van der Waals surface area contributed by atoms with Gasteiger partial charge in [0.2, 0.25) is 0 Å². The van der Waals surface area contributed by atoms with Crippen LogP contribution >= 0.6 is 0 Å². The van der Waals surface area contributed by atoms with Gasteiger partial charge in [0.1, 0.15) is 0 Å². The van der Waals surface area contributed by atoms with E-state index in [1.807, 2.05) is 0 Å². The van der Waals surface area contributed by atoms with Crippen LogP contribution < -0.4 is 5.73 Å². The zero-order valence-corrected chi connectivity index (χ0v) is 6.02. The first-order valence-electron chi connectivity index (χ1n) is 3.30. The quantitative estimate of drug-likeness (QED) is 0.520. The largest absolute Gasteiger partial charge is 0.324 e. The van der Waals surface area contributed by atoms with Crippen LogP contribution in [0.5, 0.6) is 0 Å². The van der Waals surface area contributed by atoms with Gasteiger partial charge in [-0.2, -0.15) is 0 Å². The van der Waals surface area contributed by atoms with E-state index in [9.17, 15) is 0 Å². The maximum atomic E-state index is 5.67. The van der Waals surface area contributed by atoms with Gasteiger partial charge in [0.25, 0.3) is 0 Å². The lowest BCUT2D eigenvalue weighted by atomic mass is 9.97. The van der Waals surface area contributed by atoms with Crippen LogP contribution in [-0.4, -0.2) is 6.04 Å². The molecule has 0 radical (unpaired) electrons. The van der Waals surface area contributed by atoms with Gasteiger partial charge in [-0.25, -0.2) is 0 Å². The maximum Gasteiger partial charge on any atom is 0.0264 e. The van der Waals surface area contributed by atoms with Crippen LogP contribution in [0, 0.1) is 0 Å². The van der Waals surface area contributed by atoms with Gasteiger partial charge in [-0.05, 0) is 20.3 Å². The summed E-state index contributed by atoms with van der Waals surface area (Å²) >= 11 is 0. The van der Waals surface area contributed by atoms with Gasteiger partial charge in [0.15, 0.2) is 0 Å². The lowest BCUT2D eigenvalue weighted by Crippen LogP contribution is -2.19. The minimum Gasteiger partial charge on any atom is -0.324 e. The highest BCUT2D eigenvalue weighted by atomic mass is 14.6. The summed E-state index contributed by atoms with van der Waals surface area (Å²) in [7, 11) is 0. The van der Waals surface area contributed by atoms with Gasteiger partial charge in [0.05, 0.1) is 0 Å². The van der Waals surface area contributed by atoms with Gasteiger partial charge in [-0.3, -0.25) is 0 Å². The molecule has 9 heavy (non-hydrogen) atoms. The summed E-state index contributed by atoms with van der Waals surface area (Å²) in [4.78, 5) is 0. The third kappa shape index (κ3) is 1.42. The molecule has 0 aromatic carbocycles. The third-order valence-electron chi connectivity index (χ3n) is 1.81. The summed E-state index contributed by atoms with van der Waals surface area (Å²) in [6.07, 6.45) is 5.19. The fourth-order valence-electron chi connectivity index (χ4n) is 0.993. The Balaban J connectivity index is 2.75. The first-order valence-corrected chi connectivity index (χ1v) is 3.30. The molecule has 0 fully saturated rings. The molecule has 2 N–H and O–H groups in total. The number of hydrogen-bond acceptors (Lipinski definition) is 1. The molecular weight excluding hydrogens is 110 g/mol. The Hall–Kier alpha value is -0.560. The molecule has 1 rings (SSSR count). The summed E-state index contributed by atoms with van der Waals surface area (Å²) in [6.45, 7) is 4.26. The molecule has 0 heterocycles. The summed E-state index contributed by atoms with van der Waals surface area (Å²) in [5.74, 6) is 0. The minimum absolute atomic E-state index is 0.258. The Bertz CT molecular complexity index is 165. The second kappa shape index (κ2) is 2.36. The van der Waals surface area contributed by atoms with Crippen LogP contribution in [-0.2, 0) is 0 Å². The second-order valence-electron chi connectivity index (χ2n) is 2.69. The highest BCUT2D eigenvalue weighted by Gasteiger charge is 2.05. The molecule has 0 saturated carbocycles. The van der Waals surface area contributed by atoms with Crippen molar-refractivity contribution in [3.63, 3.8) is 0 Å². The average molecular weight is 123 g/mol. The molecular formula is C8H13N. The molecule has 1 aliphatic carbocycles. The fourth-order valence-corrected chi connectivity index (χ4v) is 0.993. The number of hydrogen-bond donors (Lipinski definition) is 1. The Kier molecular flexibility index (Phi) is 1.72. The fraction of sp³-hybridized carbons (Fsp3) is 0.500. The molecule has 1 atom stereocenters. The van der Waals surface area contributed by atoms with Crippen molar-refractivity contribution in [1.82, 2.24) is 0 Å². The molecule has 0 aromatic heterocycles. The van der Waals surface area contributed by atoms with Crippen molar-refractivity contribution >= 4 is 0 Å². The van der Waals surface area contributed by atoms with Gasteiger partial charge in [-0.1, -0.05) is 23.3 Å². The Labute approximate surface area is 56.2 Å². The van der Waals surface area contributed by atoms with Crippen LogP contribution in [0.4, 0.5) is 0 Å². The van der Waals surface area contributed by atoms with E-state index < -0.39 is 0 Å². The molecule has 1 aliphatic rings. The van der Waals surface area contributed by atoms with Crippen molar-refractivity contribution in [3.8, 4) is 0 Å². The van der Waals surface area contributed by atoms with E-state index >= 15 is 0 Å².